The van der Waals surface area contributed by atoms with Crippen LogP contribution < -0.4 is 11.5 Å². The summed E-state index contributed by atoms with van der Waals surface area (Å²) in [5.41, 5.74) is 9.88. The first-order valence-electron chi connectivity index (χ1n) is 14.6. The number of hydrogen-bond donors (Lipinski definition) is 2. The van der Waals surface area contributed by atoms with Crippen molar-refractivity contribution in [2.45, 2.75) is 217 Å². The van der Waals surface area contributed by atoms with Crippen molar-refractivity contribution in [3.63, 3.8) is 0 Å². The van der Waals surface area contributed by atoms with Gasteiger partial charge in [0, 0.05) is 95.9 Å². The van der Waals surface area contributed by atoms with Crippen molar-refractivity contribution in [2.75, 3.05) is 30.7 Å². The molecule has 2 radical (unpaired) electrons. The Kier molecular flexibility index (Phi) is 2190. The molecule has 0 unspecified atom stereocenters. The topological polar surface area (TPSA) is 99.6 Å². The van der Waals surface area contributed by atoms with Gasteiger partial charge in [0.05, 0.1) is 12.1 Å². The van der Waals surface area contributed by atoms with Gasteiger partial charge < -0.3 is 25.3 Å². The Hall–Kier alpha value is 1.98. The van der Waals surface area contributed by atoms with Gasteiger partial charge in [0.15, 0.2) is 0 Å². The first-order chi connectivity index (χ1) is 18.2. The van der Waals surface area contributed by atoms with E-state index in [0.717, 1.165) is 50.0 Å². The predicted molar refractivity (Wildman–Crippen MR) is 252 cm³/mol. The fourth-order valence-electron chi connectivity index (χ4n) is 0. The minimum absolute atomic E-state index is 0. The average Bonchev–Trinajstić information content (AvgIpc) is 2.96. The number of rotatable bonds is 1. The van der Waals surface area contributed by atoms with E-state index in [2.05, 4.69) is 20.8 Å². The second-order valence-electron chi connectivity index (χ2n) is 4.02. The molecule has 0 aliphatic heterocycles. The molecular formula is C40H115Cl3N4Y2-2. The number of halogens is 3. The number of hydrogen-bond acceptors (Lipinski definition) is 4. The van der Waals surface area contributed by atoms with Crippen molar-refractivity contribution in [1.29, 1.82) is 10.5 Å². The minimum atomic E-state index is 0. The molecule has 0 spiro atoms. The smallest absolute Gasteiger partial charge is 0.0618 e. The molecule has 4 N–H and O–H groups in total. The maximum absolute atomic E-state index is 7.62. The molecule has 0 aliphatic carbocycles. The summed E-state index contributed by atoms with van der Waals surface area (Å²) in [5.74, 6) is 2.17. The van der Waals surface area contributed by atoms with Crippen LogP contribution in [0, 0.1) is 36.5 Å². The molecule has 0 aromatic carbocycles. The van der Waals surface area contributed by atoms with Gasteiger partial charge in [0.2, 0.25) is 0 Å². The van der Waals surface area contributed by atoms with E-state index in [1.807, 2.05) is 123 Å². The second-order valence-corrected chi connectivity index (χ2v) is 5.63. The molecule has 9 heteroatoms. The number of nitriles is 2. The molecule has 0 aromatic rings. The summed E-state index contributed by atoms with van der Waals surface area (Å²) in [6.07, 6.45) is 4.35. The first-order valence-corrected chi connectivity index (χ1v) is 16.2. The zero-order chi connectivity index (χ0) is 34.5. The predicted octanol–water partition coefficient (Wildman–Crippen LogP) is 18.2. The maximum Gasteiger partial charge on any atom is 0.0618 e. The van der Waals surface area contributed by atoms with Gasteiger partial charge in [-0.2, -0.15) is 23.4 Å². The summed E-state index contributed by atoms with van der Waals surface area (Å²) in [4.78, 5) is 0. The third-order valence-corrected chi connectivity index (χ3v) is 0.605. The second kappa shape index (κ2) is 614. The van der Waals surface area contributed by atoms with E-state index in [1.54, 1.807) is 0 Å². The van der Waals surface area contributed by atoms with Crippen molar-refractivity contribution in [3.05, 3.63) is 13.8 Å². The molecule has 324 valence electrons. The van der Waals surface area contributed by atoms with Gasteiger partial charge in [-0.3, -0.25) is 0 Å². The van der Waals surface area contributed by atoms with Crippen LogP contribution in [0.15, 0.2) is 0 Å². The van der Waals surface area contributed by atoms with Crippen LogP contribution in [0.3, 0.4) is 0 Å². The molecular weight excluding hydrogens is 821 g/mol. The summed E-state index contributed by atoms with van der Waals surface area (Å²) < 4.78 is 0. The van der Waals surface area contributed by atoms with E-state index < -0.39 is 0 Å². The summed E-state index contributed by atoms with van der Waals surface area (Å²) >= 11 is 15.0. The summed E-state index contributed by atoms with van der Waals surface area (Å²) in [5, 5.41) is 15.2. The number of alkyl halides is 3. The normalized spacial score (nSPS) is 4.12. The van der Waals surface area contributed by atoms with E-state index in [1.165, 1.54) is 0 Å². The fraction of sp³-hybridized carbons (Fsp3) is 0.900. The molecule has 49 heavy (non-hydrogen) atoms. The SMILES string of the molecule is C.C.C.C.C.C.C.C.C.CC.CC.CC.CC.CCC#N.CCC#N.CCCN.CCCl.CCCl.CCCl.CCN.[CH2-]CC.[CH2-]CC.[Y].[Y]. The van der Waals surface area contributed by atoms with Gasteiger partial charge in [0.25, 0.3) is 0 Å². The van der Waals surface area contributed by atoms with Gasteiger partial charge in [0.1, 0.15) is 0 Å². The van der Waals surface area contributed by atoms with Crippen molar-refractivity contribution < 1.29 is 65.4 Å². The molecule has 0 fully saturated rings. The molecule has 0 saturated carbocycles. The Balaban J connectivity index is -0.00000000620. The molecule has 4 nitrogen and oxygen atoms in total. The van der Waals surface area contributed by atoms with Crippen LogP contribution in [0.25, 0.3) is 0 Å². The Bertz CT molecular complexity index is 193. The van der Waals surface area contributed by atoms with Crippen LogP contribution in [0.5, 0.6) is 0 Å². The maximum atomic E-state index is 7.62. The van der Waals surface area contributed by atoms with Crippen molar-refractivity contribution >= 4 is 34.8 Å². The summed E-state index contributed by atoms with van der Waals surface area (Å²) in [6.45, 7) is 41.8. The summed E-state index contributed by atoms with van der Waals surface area (Å²) in [7, 11) is 0. The van der Waals surface area contributed by atoms with E-state index in [9.17, 15) is 0 Å². The Morgan fingerprint density at radius 3 is 0.490 bits per heavy atom. The van der Waals surface area contributed by atoms with Crippen molar-refractivity contribution in [2.24, 2.45) is 11.5 Å². The third-order valence-electron chi connectivity index (χ3n) is 0.605. The Morgan fingerprint density at radius 1 is 0.449 bits per heavy atom. The van der Waals surface area contributed by atoms with Gasteiger partial charge in [-0.25, -0.2) is 0 Å². The van der Waals surface area contributed by atoms with Crippen LogP contribution >= 0.6 is 34.8 Å². The van der Waals surface area contributed by atoms with Crippen molar-refractivity contribution in [3.8, 4) is 12.1 Å². The van der Waals surface area contributed by atoms with Gasteiger partial charge >= 0.3 is 0 Å². The van der Waals surface area contributed by atoms with E-state index in [-0.39, 0.29) is 132 Å². The van der Waals surface area contributed by atoms with E-state index in [0.29, 0.717) is 12.8 Å². The largest absolute Gasteiger partial charge is 0.344 e. The van der Waals surface area contributed by atoms with Crippen LogP contribution in [0.4, 0.5) is 0 Å². The fourth-order valence-corrected chi connectivity index (χ4v) is 0. The van der Waals surface area contributed by atoms with E-state index >= 15 is 0 Å². The number of nitrogens with two attached hydrogens (primary N) is 2. The van der Waals surface area contributed by atoms with Gasteiger partial charge in [-0.15, -0.1) is 34.8 Å². The third kappa shape index (κ3) is 4640. The van der Waals surface area contributed by atoms with Crippen LogP contribution in [-0.4, -0.2) is 30.7 Å². The first kappa shape index (κ1) is 175. The molecule has 0 rings (SSSR count). The number of nitrogens with zero attached hydrogens (tertiary/aromatic N) is 2. The van der Waals surface area contributed by atoms with Crippen LogP contribution in [-0.2, 0) is 65.4 Å². The van der Waals surface area contributed by atoms with Gasteiger partial charge in [-0.05, 0) is 19.5 Å². The molecule has 0 bridgehead atoms. The Labute approximate surface area is 391 Å². The monoisotopic (exact) mass is 935 g/mol. The quantitative estimate of drug-likeness (QED) is 0.202. The minimum Gasteiger partial charge on any atom is -0.344 e. The average molecular weight is 937 g/mol. The molecule has 0 heterocycles. The molecule has 0 atom stereocenters. The zero-order valence-electron chi connectivity index (χ0n) is 30.8. The standard InChI is InChI=1S/C3H9N.2C3H5N.2C3H7.3C2H5Cl.C2H7N.4C2H6.9CH4.2Y/c3*1-2-3-4;2*1-3-2;4*1-2-3;4*1-2;;;;;;;;;;;/h2-4H2,1H3;2*2H2,1H3;2*1,3H2,2H3;3*2H2,1H3;2-3H2,1H3;4*1-2H3;9*1H4;;/q;;;2*-1;;;;;;;;;;;;;;;;;;;. The molecule has 0 saturated heterocycles. The zero-order valence-corrected chi connectivity index (χ0v) is 38.8. The molecule has 0 aliphatic rings. The van der Waals surface area contributed by atoms with E-state index in [4.69, 9.17) is 56.8 Å². The molecule has 0 amide bonds. The van der Waals surface area contributed by atoms with Gasteiger partial charge in [-0.1, -0.05) is 185 Å². The molecule has 0 aromatic heterocycles. The van der Waals surface area contributed by atoms with Crippen LogP contribution in [0.2, 0.25) is 0 Å². The van der Waals surface area contributed by atoms with Crippen molar-refractivity contribution in [1.82, 2.24) is 0 Å². The van der Waals surface area contributed by atoms with Crippen LogP contribution in [0.1, 0.15) is 217 Å². The Morgan fingerprint density at radius 2 is 0.490 bits per heavy atom. The summed E-state index contributed by atoms with van der Waals surface area (Å²) in [6, 6.07) is 3.86.